The Bertz CT molecular complexity index is 793. The van der Waals surface area contributed by atoms with Gasteiger partial charge in [-0.3, -0.25) is 9.59 Å². The summed E-state index contributed by atoms with van der Waals surface area (Å²) in [5, 5.41) is 5.65. The Balaban J connectivity index is 1.87. The number of unbranched alkanes of at least 4 members (excludes halogenated alkanes) is 4. The number of piperazine rings is 1. The van der Waals surface area contributed by atoms with Crippen molar-refractivity contribution in [1.82, 2.24) is 15.1 Å². The molecule has 0 spiro atoms. The Morgan fingerprint density at radius 1 is 1.00 bits per heavy atom. The molecule has 1 aromatic carbocycles. The van der Waals surface area contributed by atoms with Gasteiger partial charge in [-0.15, -0.1) is 0 Å². The first kappa shape index (κ1) is 27.5. The van der Waals surface area contributed by atoms with E-state index in [4.69, 9.17) is 4.74 Å². The molecule has 2 atom stereocenters. The summed E-state index contributed by atoms with van der Waals surface area (Å²) in [5.41, 5.74) is 0.592. The summed E-state index contributed by atoms with van der Waals surface area (Å²) in [7, 11) is 1.57. The van der Waals surface area contributed by atoms with E-state index >= 15 is 0 Å². The van der Waals surface area contributed by atoms with Gasteiger partial charge < -0.3 is 25.2 Å². The summed E-state index contributed by atoms with van der Waals surface area (Å²) in [6, 6.07) is 6.02. The number of carbonyl (C=O) groups excluding carboxylic acids is 3. The van der Waals surface area contributed by atoms with Crippen molar-refractivity contribution in [3.05, 3.63) is 24.3 Å². The fourth-order valence-corrected chi connectivity index (χ4v) is 4.10. The van der Waals surface area contributed by atoms with Crippen molar-refractivity contribution >= 4 is 23.5 Å². The molecule has 2 rings (SSSR count). The molecule has 190 valence electrons. The highest BCUT2D eigenvalue weighted by Gasteiger charge is 2.32. The number of hydrogen-bond donors (Lipinski definition) is 2. The summed E-state index contributed by atoms with van der Waals surface area (Å²) >= 11 is 0. The average molecular weight is 475 g/mol. The van der Waals surface area contributed by atoms with Crippen LogP contribution in [0.2, 0.25) is 0 Å². The van der Waals surface area contributed by atoms with Crippen molar-refractivity contribution in [3.8, 4) is 5.75 Å². The van der Waals surface area contributed by atoms with Gasteiger partial charge in [-0.05, 0) is 24.5 Å². The van der Waals surface area contributed by atoms with E-state index < -0.39 is 12.1 Å². The van der Waals surface area contributed by atoms with E-state index in [1.807, 2.05) is 18.7 Å². The molecule has 0 radical (unpaired) electrons. The molecule has 4 amide bonds. The van der Waals surface area contributed by atoms with Crippen LogP contribution in [-0.2, 0) is 9.59 Å². The largest absolute Gasteiger partial charge is 0.497 e. The lowest BCUT2D eigenvalue weighted by molar-refractivity contribution is -0.141. The lowest BCUT2D eigenvalue weighted by Gasteiger charge is -2.37. The van der Waals surface area contributed by atoms with Gasteiger partial charge in [0.15, 0.2) is 0 Å². The first-order valence-corrected chi connectivity index (χ1v) is 12.7. The SMILES string of the molecule is CCCCCCCC(=O)N1CCN(C(=O)C(NC(=O)Nc2cccc(OC)c2)C(C)CC)CC1. The summed E-state index contributed by atoms with van der Waals surface area (Å²) in [4.78, 5) is 42.1. The predicted molar refractivity (Wildman–Crippen MR) is 135 cm³/mol. The highest BCUT2D eigenvalue weighted by molar-refractivity contribution is 5.94. The zero-order chi connectivity index (χ0) is 24.9. The fourth-order valence-electron chi connectivity index (χ4n) is 4.10. The number of nitrogens with one attached hydrogen (secondary N) is 2. The van der Waals surface area contributed by atoms with Crippen LogP contribution in [0.15, 0.2) is 24.3 Å². The standard InChI is InChI=1S/C26H42N4O4/c1-5-7-8-9-10-14-23(31)29-15-17-30(18-16-29)25(32)24(20(3)6-2)28-26(33)27-21-12-11-13-22(19-21)34-4/h11-13,19-20,24H,5-10,14-18H2,1-4H3,(H2,27,28,33). The average Bonchev–Trinajstić information content (AvgIpc) is 2.86. The van der Waals surface area contributed by atoms with Crippen molar-refractivity contribution in [3.63, 3.8) is 0 Å². The Hall–Kier alpha value is -2.77. The van der Waals surface area contributed by atoms with E-state index in [-0.39, 0.29) is 17.7 Å². The predicted octanol–water partition coefficient (Wildman–Crippen LogP) is 4.26. The summed E-state index contributed by atoms with van der Waals surface area (Å²) in [6.07, 6.45) is 6.96. The smallest absolute Gasteiger partial charge is 0.319 e. The van der Waals surface area contributed by atoms with E-state index in [2.05, 4.69) is 17.6 Å². The van der Waals surface area contributed by atoms with Gasteiger partial charge >= 0.3 is 6.03 Å². The number of carbonyl (C=O) groups is 3. The molecule has 1 saturated heterocycles. The molecule has 1 fully saturated rings. The number of anilines is 1. The molecule has 2 N–H and O–H groups in total. The lowest BCUT2D eigenvalue weighted by atomic mass is 9.97. The minimum absolute atomic E-state index is 0.0219. The van der Waals surface area contributed by atoms with E-state index in [1.54, 1.807) is 36.3 Å². The first-order chi connectivity index (χ1) is 16.4. The topological polar surface area (TPSA) is 91.0 Å². The van der Waals surface area contributed by atoms with Crippen LogP contribution < -0.4 is 15.4 Å². The summed E-state index contributed by atoms with van der Waals surface area (Å²) in [5.74, 6) is 0.701. The van der Waals surface area contributed by atoms with Crippen LogP contribution in [0.25, 0.3) is 0 Å². The van der Waals surface area contributed by atoms with Gasteiger partial charge in [-0.1, -0.05) is 58.9 Å². The number of methoxy groups -OCH3 is 1. The lowest BCUT2D eigenvalue weighted by Crippen LogP contribution is -2.57. The van der Waals surface area contributed by atoms with Crippen LogP contribution in [-0.4, -0.2) is 67.0 Å². The molecule has 0 bridgehead atoms. The van der Waals surface area contributed by atoms with Gasteiger partial charge in [0.1, 0.15) is 11.8 Å². The molecular weight excluding hydrogens is 432 g/mol. The van der Waals surface area contributed by atoms with Crippen molar-refractivity contribution in [2.45, 2.75) is 71.8 Å². The molecule has 2 unspecified atom stereocenters. The molecule has 1 heterocycles. The summed E-state index contributed by atoms with van der Waals surface area (Å²) in [6.45, 7) is 8.22. The van der Waals surface area contributed by atoms with Crippen LogP contribution in [0.4, 0.5) is 10.5 Å². The molecule has 8 nitrogen and oxygen atoms in total. The Labute approximate surface area is 204 Å². The number of benzene rings is 1. The summed E-state index contributed by atoms with van der Waals surface area (Å²) < 4.78 is 5.19. The third-order valence-corrected chi connectivity index (χ3v) is 6.53. The van der Waals surface area contributed by atoms with Gasteiger partial charge in [-0.25, -0.2) is 4.79 Å². The van der Waals surface area contributed by atoms with Crippen LogP contribution in [0, 0.1) is 5.92 Å². The van der Waals surface area contributed by atoms with Crippen molar-refractivity contribution in [1.29, 1.82) is 0 Å². The number of hydrogen-bond acceptors (Lipinski definition) is 4. The monoisotopic (exact) mass is 474 g/mol. The zero-order valence-corrected chi connectivity index (χ0v) is 21.3. The maximum Gasteiger partial charge on any atom is 0.319 e. The second-order valence-corrected chi connectivity index (χ2v) is 9.06. The molecule has 0 aromatic heterocycles. The van der Waals surface area contributed by atoms with E-state index in [0.29, 0.717) is 44.0 Å². The minimum atomic E-state index is -0.628. The molecule has 1 aliphatic rings. The van der Waals surface area contributed by atoms with Gasteiger partial charge in [0, 0.05) is 44.4 Å². The number of nitrogens with zero attached hydrogens (tertiary/aromatic N) is 2. The maximum absolute atomic E-state index is 13.3. The zero-order valence-electron chi connectivity index (χ0n) is 21.3. The van der Waals surface area contributed by atoms with Crippen LogP contribution in [0.1, 0.15) is 65.7 Å². The van der Waals surface area contributed by atoms with Crippen LogP contribution in [0.5, 0.6) is 5.75 Å². The maximum atomic E-state index is 13.3. The van der Waals surface area contributed by atoms with E-state index in [9.17, 15) is 14.4 Å². The molecular formula is C26H42N4O4. The Morgan fingerprint density at radius 3 is 2.32 bits per heavy atom. The van der Waals surface area contributed by atoms with Gasteiger partial charge in [0.25, 0.3) is 0 Å². The second-order valence-electron chi connectivity index (χ2n) is 9.06. The molecule has 1 aromatic rings. The number of rotatable bonds is 12. The number of urea groups is 1. The van der Waals surface area contributed by atoms with Crippen LogP contribution in [0.3, 0.4) is 0 Å². The normalized spacial score (nSPS) is 15.4. The molecule has 0 saturated carbocycles. The van der Waals surface area contributed by atoms with Crippen molar-refractivity contribution < 1.29 is 19.1 Å². The third-order valence-electron chi connectivity index (χ3n) is 6.53. The highest BCUT2D eigenvalue weighted by atomic mass is 16.5. The number of amides is 4. The Kier molecular flexibility index (Phi) is 11.7. The van der Waals surface area contributed by atoms with Crippen molar-refractivity contribution in [2.24, 2.45) is 5.92 Å². The van der Waals surface area contributed by atoms with Gasteiger partial charge in [-0.2, -0.15) is 0 Å². The molecule has 8 heteroatoms. The quantitative estimate of drug-likeness (QED) is 0.443. The van der Waals surface area contributed by atoms with Crippen LogP contribution >= 0.6 is 0 Å². The molecule has 1 aliphatic heterocycles. The van der Waals surface area contributed by atoms with Gasteiger partial charge in [0.05, 0.1) is 7.11 Å². The third kappa shape index (κ3) is 8.54. The highest BCUT2D eigenvalue weighted by Crippen LogP contribution is 2.18. The van der Waals surface area contributed by atoms with Crippen molar-refractivity contribution in [2.75, 3.05) is 38.6 Å². The van der Waals surface area contributed by atoms with E-state index in [1.165, 1.54) is 19.3 Å². The first-order valence-electron chi connectivity index (χ1n) is 12.7. The molecule has 0 aliphatic carbocycles. The fraction of sp³-hybridized carbons (Fsp3) is 0.654. The molecule has 34 heavy (non-hydrogen) atoms. The Morgan fingerprint density at radius 2 is 1.68 bits per heavy atom. The van der Waals surface area contributed by atoms with Gasteiger partial charge in [0.2, 0.25) is 11.8 Å². The second kappa shape index (κ2) is 14.5. The van der Waals surface area contributed by atoms with E-state index in [0.717, 1.165) is 19.3 Å². The minimum Gasteiger partial charge on any atom is -0.497 e. The number of ether oxygens (including phenoxy) is 1.